The van der Waals surface area contributed by atoms with E-state index in [9.17, 15) is 9.18 Å². The van der Waals surface area contributed by atoms with Crippen LogP contribution in [0.3, 0.4) is 0 Å². The topological polar surface area (TPSA) is 94.2 Å². The Labute approximate surface area is 164 Å². The number of nitrogens with zero attached hydrogens (tertiary/aromatic N) is 5. The van der Waals surface area contributed by atoms with Crippen molar-refractivity contribution >= 4 is 17.5 Å². The number of likely N-dealkylation sites (tertiary alicyclic amines) is 1. The van der Waals surface area contributed by atoms with Crippen molar-refractivity contribution in [2.45, 2.75) is 12.3 Å². The summed E-state index contributed by atoms with van der Waals surface area (Å²) in [6.07, 6.45) is 5.35. The van der Waals surface area contributed by atoms with Gasteiger partial charge >= 0.3 is 0 Å². The molecule has 0 radical (unpaired) electrons. The van der Waals surface area contributed by atoms with Gasteiger partial charge in [0.2, 0.25) is 5.89 Å². The highest BCUT2D eigenvalue weighted by molar-refractivity contribution is 6.30. The molecule has 0 aliphatic carbocycles. The Hall–Kier alpha value is -3.07. The Morgan fingerprint density at radius 1 is 1.36 bits per heavy atom. The number of rotatable bonds is 5. The summed E-state index contributed by atoms with van der Waals surface area (Å²) in [7, 11) is 0. The van der Waals surface area contributed by atoms with Crippen LogP contribution in [0, 0.1) is 5.82 Å². The molecular formula is C18H15ClFN5O3. The van der Waals surface area contributed by atoms with Gasteiger partial charge in [-0.25, -0.2) is 9.37 Å². The first kappa shape index (κ1) is 18.3. The molecular weight excluding hydrogens is 389 g/mol. The lowest BCUT2D eigenvalue weighted by atomic mass is 10.1. The van der Waals surface area contributed by atoms with Crippen LogP contribution >= 0.6 is 11.6 Å². The summed E-state index contributed by atoms with van der Waals surface area (Å²) in [5.74, 6) is 0.314. The van der Waals surface area contributed by atoms with Gasteiger partial charge in [-0.15, -0.1) is 10.2 Å². The maximum absolute atomic E-state index is 13.2. The van der Waals surface area contributed by atoms with Gasteiger partial charge in [0.1, 0.15) is 17.3 Å². The van der Waals surface area contributed by atoms with Crippen molar-refractivity contribution in [1.82, 2.24) is 25.1 Å². The van der Waals surface area contributed by atoms with E-state index in [1.54, 1.807) is 23.5 Å². The quantitative estimate of drug-likeness (QED) is 0.646. The Morgan fingerprint density at radius 2 is 2.25 bits per heavy atom. The van der Waals surface area contributed by atoms with Gasteiger partial charge in [-0.05, 0) is 18.6 Å². The molecule has 0 saturated carbocycles. The fourth-order valence-electron chi connectivity index (χ4n) is 2.90. The van der Waals surface area contributed by atoms with Crippen LogP contribution in [0.1, 0.15) is 18.2 Å². The average Bonchev–Trinajstić information content (AvgIpc) is 3.39. The number of carbonyl (C=O) groups excluding carboxylic acids is 1. The van der Waals surface area contributed by atoms with E-state index < -0.39 is 5.82 Å². The minimum Gasteiger partial charge on any atom is -0.484 e. The number of carbonyl (C=O) groups is 1. The number of aromatic nitrogens is 4. The fraction of sp³-hybridized carbons (Fsp3) is 0.278. The average molecular weight is 404 g/mol. The molecule has 144 valence electrons. The standard InChI is InChI=1S/C18H15ClFN5O3/c19-13-7-12(1-2-14(13)20)27-10-16(26)25-6-3-11(9-25)17-23-24-18(28-17)15-8-21-4-5-22-15/h1-2,4-5,7-8,11H,3,6,9-10H2/t11-/m0/s1. The third-order valence-corrected chi connectivity index (χ3v) is 4.66. The van der Waals surface area contributed by atoms with Crippen LogP contribution in [0.15, 0.2) is 41.2 Å². The maximum Gasteiger partial charge on any atom is 0.267 e. The highest BCUT2D eigenvalue weighted by Crippen LogP contribution is 2.28. The van der Waals surface area contributed by atoms with Crippen molar-refractivity contribution in [1.29, 1.82) is 0 Å². The summed E-state index contributed by atoms with van der Waals surface area (Å²) in [4.78, 5) is 22.1. The third-order valence-electron chi connectivity index (χ3n) is 4.37. The molecule has 0 unspecified atom stereocenters. The molecule has 0 spiro atoms. The predicted octanol–water partition coefficient (Wildman–Crippen LogP) is 2.71. The van der Waals surface area contributed by atoms with E-state index in [2.05, 4.69) is 20.2 Å². The first-order chi connectivity index (χ1) is 13.6. The molecule has 1 aliphatic heterocycles. The van der Waals surface area contributed by atoms with Crippen LogP contribution in [0.5, 0.6) is 5.75 Å². The fourth-order valence-corrected chi connectivity index (χ4v) is 3.07. The van der Waals surface area contributed by atoms with Crippen molar-refractivity contribution in [3.8, 4) is 17.3 Å². The van der Waals surface area contributed by atoms with E-state index in [-0.39, 0.29) is 23.5 Å². The zero-order valence-electron chi connectivity index (χ0n) is 14.6. The maximum atomic E-state index is 13.2. The molecule has 0 bridgehead atoms. The smallest absolute Gasteiger partial charge is 0.267 e. The first-order valence-corrected chi connectivity index (χ1v) is 8.93. The summed E-state index contributed by atoms with van der Waals surface area (Å²) in [5.41, 5.74) is 0.499. The van der Waals surface area contributed by atoms with E-state index >= 15 is 0 Å². The number of benzene rings is 1. The number of hydrogen-bond donors (Lipinski definition) is 0. The van der Waals surface area contributed by atoms with Crippen molar-refractivity contribution in [2.75, 3.05) is 19.7 Å². The summed E-state index contributed by atoms with van der Waals surface area (Å²) >= 11 is 5.71. The SMILES string of the molecule is O=C(COc1ccc(F)c(Cl)c1)N1CC[C@H](c2nnc(-c3cnccn3)o2)C1. The molecule has 1 atom stereocenters. The molecule has 1 aliphatic rings. The highest BCUT2D eigenvalue weighted by atomic mass is 35.5. The van der Waals surface area contributed by atoms with Crippen LogP contribution < -0.4 is 4.74 Å². The number of halogens is 2. The molecule has 3 aromatic rings. The summed E-state index contributed by atoms with van der Waals surface area (Å²) < 4.78 is 24.3. The molecule has 1 aromatic carbocycles. The summed E-state index contributed by atoms with van der Waals surface area (Å²) in [6.45, 7) is 0.845. The Morgan fingerprint density at radius 3 is 3.04 bits per heavy atom. The lowest BCUT2D eigenvalue weighted by Crippen LogP contribution is -2.32. The summed E-state index contributed by atoms with van der Waals surface area (Å²) in [5, 5.41) is 8.02. The van der Waals surface area contributed by atoms with Crippen molar-refractivity contribution in [2.24, 2.45) is 0 Å². The van der Waals surface area contributed by atoms with Gasteiger partial charge in [0.15, 0.2) is 6.61 Å². The molecule has 1 saturated heterocycles. The number of amides is 1. The first-order valence-electron chi connectivity index (χ1n) is 8.55. The van der Waals surface area contributed by atoms with Crippen molar-refractivity contribution < 1.29 is 18.3 Å². The molecule has 0 N–H and O–H groups in total. The summed E-state index contributed by atoms with van der Waals surface area (Å²) in [6, 6.07) is 3.95. The van der Waals surface area contributed by atoms with Crippen LogP contribution in [0.25, 0.3) is 11.6 Å². The van der Waals surface area contributed by atoms with Crippen molar-refractivity contribution in [3.05, 3.63) is 53.5 Å². The van der Waals surface area contributed by atoms with E-state index in [1.807, 2.05) is 0 Å². The monoisotopic (exact) mass is 403 g/mol. The molecule has 4 rings (SSSR count). The van der Waals surface area contributed by atoms with E-state index in [0.29, 0.717) is 42.7 Å². The number of hydrogen-bond acceptors (Lipinski definition) is 7. The Balaban J connectivity index is 1.34. The van der Waals surface area contributed by atoms with Crippen molar-refractivity contribution in [3.63, 3.8) is 0 Å². The molecule has 10 heteroatoms. The van der Waals surface area contributed by atoms with E-state index in [4.69, 9.17) is 20.8 Å². The van der Waals surface area contributed by atoms with Crippen LogP contribution in [-0.2, 0) is 4.79 Å². The lowest BCUT2D eigenvalue weighted by molar-refractivity contribution is -0.132. The van der Waals surface area contributed by atoms with Gasteiger partial charge in [-0.1, -0.05) is 11.6 Å². The van der Waals surface area contributed by atoms with Gasteiger partial charge in [0.05, 0.1) is 17.1 Å². The molecule has 1 fully saturated rings. The largest absolute Gasteiger partial charge is 0.484 e. The molecule has 8 nitrogen and oxygen atoms in total. The Bertz CT molecular complexity index is 984. The second kappa shape index (κ2) is 7.89. The van der Waals surface area contributed by atoms with Gasteiger partial charge in [0, 0.05) is 31.5 Å². The van der Waals surface area contributed by atoms with Crippen LogP contribution in [-0.4, -0.2) is 50.7 Å². The minimum absolute atomic E-state index is 0.0536. The predicted molar refractivity (Wildman–Crippen MR) is 96.2 cm³/mol. The molecule has 3 heterocycles. The highest BCUT2D eigenvalue weighted by Gasteiger charge is 2.31. The molecule has 2 aromatic heterocycles. The zero-order valence-corrected chi connectivity index (χ0v) is 15.3. The van der Waals surface area contributed by atoms with E-state index in [1.165, 1.54) is 18.2 Å². The normalized spacial score (nSPS) is 16.4. The lowest BCUT2D eigenvalue weighted by Gasteiger charge is -2.16. The van der Waals surface area contributed by atoms with Crippen LogP contribution in [0.2, 0.25) is 5.02 Å². The molecule has 1 amide bonds. The van der Waals surface area contributed by atoms with Gasteiger partial charge < -0.3 is 14.1 Å². The van der Waals surface area contributed by atoms with E-state index in [0.717, 1.165) is 0 Å². The third kappa shape index (κ3) is 3.94. The Kier molecular flexibility index (Phi) is 5.16. The zero-order chi connectivity index (χ0) is 19.5. The van der Waals surface area contributed by atoms with Gasteiger partial charge in [-0.2, -0.15) is 0 Å². The van der Waals surface area contributed by atoms with Gasteiger partial charge in [0.25, 0.3) is 11.8 Å². The second-order valence-corrected chi connectivity index (χ2v) is 6.63. The number of ether oxygens (including phenoxy) is 1. The minimum atomic E-state index is -0.539. The van der Waals surface area contributed by atoms with Crippen LogP contribution in [0.4, 0.5) is 4.39 Å². The second-order valence-electron chi connectivity index (χ2n) is 6.23. The molecule has 28 heavy (non-hydrogen) atoms. The van der Waals surface area contributed by atoms with Gasteiger partial charge in [-0.3, -0.25) is 9.78 Å².